The molecule has 21 heavy (non-hydrogen) atoms. The van der Waals surface area contributed by atoms with Crippen LogP contribution in [0.4, 0.5) is 0 Å². The minimum atomic E-state index is -0.0448. The fourth-order valence-electron chi connectivity index (χ4n) is 2.44. The van der Waals surface area contributed by atoms with E-state index in [9.17, 15) is 9.59 Å². The molecule has 0 aliphatic rings. The van der Waals surface area contributed by atoms with Crippen molar-refractivity contribution in [1.29, 1.82) is 0 Å². The molecule has 0 atom stereocenters. The van der Waals surface area contributed by atoms with Crippen LogP contribution in [0.15, 0.2) is 24.3 Å². The van der Waals surface area contributed by atoms with Gasteiger partial charge in [-0.1, -0.05) is 70.2 Å². The molecule has 116 valence electrons. The van der Waals surface area contributed by atoms with E-state index in [2.05, 4.69) is 13.8 Å². The van der Waals surface area contributed by atoms with Crippen LogP contribution in [0.5, 0.6) is 0 Å². The van der Waals surface area contributed by atoms with Crippen LogP contribution in [-0.2, 0) is 11.2 Å². The predicted octanol–water partition coefficient (Wildman–Crippen LogP) is 5.14. The highest BCUT2D eigenvalue weighted by Gasteiger charge is 2.11. The number of Topliss-reactive ketones (excluding diaryl/α,β-unsaturated/α-hetero) is 2. The summed E-state index contributed by atoms with van der Waals surface area (Å²) >= 11 is 0. The molecule has 0 heterocycles. The van der Waals surface area contributed by atoms with E-state index in [-0.39, 0.29) is 18.0 Å². The Hall–Kier alpha value is -1.44. The molecule has 0 aliphatic heterocycles. The van der Waals surface area contributed by atoms with Crippen molar-refractivity contribution in [2.75, 3.05) is 0 Å². The molecule has 0 saturated carbocycles. The molecule has 1 aromatic rings. The molecule has 0 N–H and O–H groups in total. The van der Waals surface area contributed by atoms with Crippen molar-refractivity contribution in [2.24, 2.45) is 0 Å². The maximum Gasteiger partial charge on any atom is 0.170 e. The lowest BCUT2D eigenvalue weighted by Gasteiger charge is -2.03. The predicted molar refractivity (Wildman–Crippen MR) is 87.8 cm³/mol. The SMILES string of the molecule is CCCCCCCC(=O)CC(=O)c1ccc(CCC)cc1. The van der Waals surface area contributed by atoms with Crippen LogP contribution in [0.2, 0.25) is 0 Å². The van der Waals surface area contributed by atoms with E-state index in [0.717, 1.165) is 25.7 Å². The monoisotopic (exact) mass is 288 g/mol. The highest BCUT2D eigenvalue weighted by molar-refractivity contribution is 6.07. The summed E-state index contributed by atoms with van der Waals surface area (Å²) in [5.74, 6) is 0.0331. The Morgan fingerprint density at radius 1 is 0.857 bits per heavy atom. The molecule has 0 fully saturated rings. The van der Waals surface area contributed by atoms with Gasteiger partial charge >= 0.3 is 0 Å². The van der Waals surface area contributed by atoms with Gasteiger partial charge < -0.3 is 0 Å². The molecule has 1 aromatic carbocycles. The number of unbranched alkanes of at least 4 members (excludes halogenated alkanes) is 4. The second-order valence-corrected chi connectivity index (χ2v) is 5.75. The first kappa shape index (κ1) is 17.6. The summed E-state index contributed by atoms with van der Waals surface area (Å²) in [5, 5.41) is 0. The first-order chi connectivity index (χ1) is 10.2. The molecule has 1 rings (SSSR count). The highest BCUT2D eigenvalue weighted by atomic mass is 16.1. The minimum Gasteiger partial charge on any atom is -0.299 e. The number of carbonyl (C=O) groups is 2. The van der Waals surface area contributed by atoms with Gasteiger partial charge in [-0.05, 0) is 18.4 Å². The van der Waals surface area contributed by atoms with Crippen LogP contribution < -0.4 is 0 Å². The van der Waals surface area contributed by atoms with Gasteiger partial charge in [0.25, 0.3) is 0 Å². The molecule has 0 radical (unpaired) electrons. The molecule has 0 amide bonds. The average molecular weight is 288 g/mol. The first-order valence-corrected chi connectivity index (χ1v) is 8.31. The zero-order chi connectivity index (χ0) is 15.5. The molecule has 0 saturated heterocycles. The van der Waals surface area contributed by atoms with E-state index >= 15 is 0 Å². The van der Waals surface area contributed by atoms with E-state index in [1.165, 1.54) is 24.8 Å². The van der Waals surface area contributed by atoms with Crippen LogP contribution in [0.3, 0.4) is 0 Å². The second-order valence-electron chi connectivity index (χ2n) is 5.75. The molecule has 2 heteroatoms. The molecule has 0 aromatic heterocycles. The molecule has 0 spiro atoms. The Morgan fingerprint density at radius 3 is 2.14 bits per heavy atom. The van der Waals surface area contributed by atoms with Crippen molar-refractivity contribution in [3.8, 4) is 0 Å². The minimum absolute atomic E-state index is 0.0448. The summed E-state index contributed by atoms with van der Waals surface area (Å²) in [6.07, 6.45) is 8.38. The molecule has 0 unspecified atom stereocenters. The van der Waals surface area contributed by atoms with E-state index in [4.69, 9.17) is 0 Å². The third kappa shape index (κ3) is 7.22. The summed E-state index contributed by atoms with van der Waals surface area (Å²) in [4.78, 5) is 23.8. The van der Waals surface area contributed by atoms with Crippen molar-refractivity contribution in [1.82, 2.24) is 0 Å². The van der Waals surface area contributed by atoms with Gasteiger partial charge in [0.05, 0.1) is 6.42 Å². The van der Waals surface area contributed by atoms with Crippen LogP contribution in [0.1, 0.15) is 81.1 Å². The van der Waals surface area contributed by atoms with Gasteiger partial charge in [-0.25, -0.2) is 0 Å². The zero-order valence-corrected chi connectivity index (χ0v) is 13.5. The van der Waals surface area contributed by atoms with Gasteiger partial charge in [0.1, 0.15) is 5.78 Å². The van der Waals surface area contributed by atoms with Gasteiger partial charge in [0, 0.05) is 12.0 Å². The Bertz CT molecular complexity index is 431. The van der Waals surface area contributed by atoms with Crippen molar-refractivity contribution in [3.05, 3.63) is 35.4 Å². The number of carbonyl (C=O) groups excluding carboxylic acids is 2. The lowest BCUT2D eigenvalue weighted by atomic mass is 10.0. The van der Waals surface area contributed by atoms with Crippen LogP contribution in [-0.4, -0.2) is 11.6 Å². The van der Waals surface area contributed by atoms with Crippen LogP contribution in [0.25, 0.3) is 0 Å². The van der Waals surface area contributed by atoms with Crippen molar-refractivity contribution in [3.63, 3.8) is 0 Å². The lowest BCUT2D eigenvalue weighted by molar-refractivity contribution is -0.118. The molecular weight excluding hydrogens is 260 g/mol. The Morgan fingerprint density at radius 2 is 1.52 bits per heavy atom. The summed E-state index contributed by atoms with van der Waals surface area (Å²) in [5.41, 5.74) is 1.91. The smallest absolute Gasteiger partial charge is 0.170 e. The van der Waals surface area contributed by atoms with Gasteiger partial charge in [-0.3, -0.25) is 9.59 Å². The number of benzene rings is 1. The molecule has 2 nitrogen and oxygen atoms in total. The lowest BCUT2D eigenvalue weighted by Crippen LogP contribution is -2.08. The fraction of sp³-hybridized carbons (Fsp3) is 0.579. The molecule has 0 bridgehead atoms. The van der Waals surface area contributed by atoms with Crippen molar-refractivity contribution < 1.29 is 9.59 Å². The normalized spacial score (nSPS) is 10.6. The van der Waals surface area contributed by atoms with E-state index in [1.54, 1.807) is 0 Å². The van der Waals surface area contributed by atoms with E-state index < -0.39 is 0 Å². The number of ketones is 2. The van der Waals surface area contributed by atoms with Gasteiger partial charge in [-0.15, -0.1) is 0 Å². The van der Waals surface area contributed by atoms with E-state index in [1.807, 2.05) is 24.3 Å². The third-order valence-corrected chi connectivity index (χ3v) is 3.73. The quantitative estimate of drug-likeness (QED) is 0.321. The fourth-order valence-corrected chi connectivity index (χ4v) is 2.44. The third-order valence-electron chi connectivity index (χ3n) is 3.73. The Balaban J connectivity index is 2.33. The first-order valence-electron chi connectivity index (χ1n) is 8.31. The maximum absolute atomic E-state index is 12.0. The van der Waals surface area contributed by atoms with Crippen LogP contribution >= 0.6 is 0 Å². The number of rotatable bonds is 11. The maximum atomic E-state index is 12.0. The van der Waals surface area contributed by atoms with Gasteiger partial charge in [-0.2, -0.15) is 0 Å². The second kappa shape index (κ2) is 10.3. The number of hydrogen-bond donors (Lipinski definition) is 0. The summed E-state index contributed by atoms with van der Waals surface area (Å²) in [6.45, 7) is 4.31. The summed E-state index contributed by atoms with van der Waals surface area (Å²) in [7, 11) is 0. The average Bonchev–Trinajstić information content (AvgIpc) is 2.48. The number of aryl methyl sites for hydroxylation is 1. The molecule has 0 aliphatic carbocycles. The van der Waals surface area contributed by atoms with Gasteiger partial charge in [0.2, 0.25) is 0 Å². The van der Waals surface area contributed by atoms with Crippen molar-refractivity contribution >= 4 is 11.6 Å². The van der Waals surface area contributed by atoms with Gasteiger partial charge in [0.15, 0.2) is 5.78 Å². The summed E-state index contributed by atoms with van der Waals surface area (Å²) in [6, 6.07) is 7.68. The Kier molecular flexibility index (Phi) is 8.65. The zero-order valence-electron chi connectivity index (χ0n) is 13.5. The molecular formula is C19H28O2. The largest absolute Gasteiger partial charge is 0.299 e. The van der Waals surface area contributed by atoms with Crippen LogP contribution in [0, 0.1) is 0 Å². The number of hydrogen-bond acceptors (Lipinski definition) is 2. The Labute approximate surface area is 128 Å². The summed E-state index contributed by atoms with van der Waals surface area (Å²) < 4.78 is 0. The standard InChI is InChI=1S/C19H28O2/c1-3-5-6-7-8-10-18(20)15-19(21)17-13-11-16(9-4-2)12-14-17/h11-14H,3-10,15H2,1-2H3. The highest BCUT2D eigenvalue weighted by Crippen LogP contribution is 2.11. The topological polar surface area (TPSA) is 34.1 Å². The van der Waals surface area contributed by atoms with Crippen molar-refractivity contribution in [2.45, 2.75) is 71.6 Å². The van der Waals surface area contributed by atoms with E-state index in [0.29, 0.717) is 12.0 Å².